The minimum absolute atomic E-state index is 0.0182. The van der Waals surface area contributed by atoms with Crippen LogP contribution in [0.5, 0.6) is 0 Å². The molecule has 2 N–H and O–H groups in total. The van der Waals surface area contributed by atoms with Gasteiger partial charge in [0, 0.05) is 37.3 Å². The third-order valence-corrected chi connectivity index (χ3v) is 4.56. The van der Waals surface area contributed by atoms with Crippen LogP contribution in [0.15, 0.2) is 30.3 Å². The molecular formula is C18H25N3O2. The van der Waals surface area contributed by atoms with Gasteiger partial charge in [0.05, 0.1) is 12.6 Å². The van der Waals surface area contributed by atoms with Crippen LogP contribution in [0, 0.1) is 0 Å². The SMILES string of the molecule is COC[C@H](C)NC(=O)N1CCC(c2cc3ccccc3[nH]2)CC1. The molecule has 23 heavy (non-hydrogen) atoms. The van der Waals surface area contributed by atoms with Crippen molar-refractivity contribution in [2.75, 3.05) is 26.8 Å². The molecule has 5 heteroatoms. The minimum Gasteiger partial charge on any atom is -0.383 e. The Labute approximate surface area is 137 Å². The second kappa shape index (κ2) is 7.04. The number of aromatic nitrogens is 1. The molecule has 1 aliphatic rings. The number of rotatable bonds is 4. The van der Waals surface area contributed by atoms with E-state index in [-0.39, 0.29) is 12.1 Å². The average Bonchev–Trinajstić information content (AvgIpc) is 2.99. The fourth-order valence-electron chi connectivity index (χ4n) is 3.30. The quantitative estimate of drug-likeness (QED) is 0.911. The van der Waals surface area contributed by atoms with Crippen LogP contribution in [0.25, 0.3) is 10.9 Å². The van der Waals surface area contributed by atoms with E-state index in [1.165, 1.54) is 16.6 Å². The van der Waals surface area contributed by atoms with Crippen LogP contribution in [0.2, 0.25) is 0 Å². The van der Waals surface area contributed by atoms with Crippen LogP contribution >= 0.6 is 0 Å². The molecule has 0 bridgehead atoms. The van der Waals surface area contributed by atoms with Gasteiger partial charge in [-0.15, -0.1) is 0 Å². The molecule has 0 aliphatic carbocycles. The molecule has 2 heterocycles. The lowest BCUT2D eigenvalue weighted by atomic mass is 9.94. The zero-order chi connectivity index (χ0) is 16.2. The number of likely N-dealkylation sites (tertiary alicyclic amines) is 1. The fourth-order valence-corrected chi connectivity index (χ4v) is 3.30. The lowest BCUT2D eigenvalue weighted by Crippen LogP contribution is -2.48. The van der Waals surface area contributed by atoms with Gasteiger partial charge < -0.3 is 19.9 Å². The number of amides is 2. The van der Waals surface area contributed by atoms with Crippen molar-refractivity contribution < 1.29 is 9.53 Å². The average molecular weight is 315 g/mol. The van der Waals surface area contributed by atoms with Gasteiger partial charge >= 0.3 is 6.03 Å². The largest absolute Gasteiger partial charge is 0.383 e. The number of hydrogen-bond donors (Lipinski definition) is 2. The Bertz CT molecular complexity index is 626. The zero-order valence-electron chi connectivity index (χ0n) is 13.8. The highest BCUT2D eigenvalue weighted by Crippen LogP contribution is 2.29. The molecule has 1 aromatic carbocycles. The molecule has 0 spiro atoms. The van der Waals surface area contributed by atoms with Gasteiger partial charge in [0.25, 0.3) is 0 Å². The van der Waals surface area contributed by atoms with E-state index in [0.717, 1.165) is 25.9 Å². The van der Waals surface area contributed by atoms with Gasteiger partial charge in [0.2, 0.25) is 0 Å². The Morgan fingerprint density at radius 2 is 2.13 bits per heavy atom. The van der Waals surface area contributed by atoms with Crippen molar-refractivity contribution in [2.45, 2.75) is 31.7 Å². The number of urea groups is 1. The summed E-state index contributed by atoms with van der Waals surface area (Å²) in [6.45, 7) is 4.09. The van der Waals surface area contributed by atoms with E-state index in [0.29, 0.717) is 12.5 Å². The van der Waals surface area contributed by atoms with Crippen molar-refractivity contribution in [3.05, 3.63) is 36.0 Å². The summed E-state index contributed by atoms with van der Waals surface area (Å²) in [6.07, 6.45) is 2.00. The summed E-state index contributed by atoms with van der Waals surface area (Å²) in [5, 5.41) is 4.24. The number of nitrogens with one attached hydrogen (secondary N) is 2. The maximum absolute atomic E-state index is 12.2. The second-order valence-electron chi connectivity index (χ2n) is 6.38. The summed E-state index contributed by atoms with van der Waals surface area (Å²) in [7, 11) is 1.65. The van der Waals surface area contributed by atoms with Gasteiger partial charge in [-0.1, -0.05) is 18.2 Å². The third-order valence-electron chi connectivity index (χ3n) is 4.56. The van der Waals surface area contributed by atoms with Gasteiger partial charge in [0.15, 0.2) is 0 Å². The van der Waals surface area contributed by atoms with Gasteiger partial charge in [-0.05, 0) is 37.3 Å². The molecule has 1 fully saturated rings. The Morgan fingerprint density at radius 1 is 1.39 bits per heavy atom. The van der Waals surface area contributed by atoms with Crippen molar-refractivity contribution in [3.8, 4) is 0 Å². The number of aromatic amines is 1. The first-order valence-electron chi connectivity index (χ1n) is 8.29. The van der Waals surface area contributed by atoms with Crippen molar-refractivity contribution in [1.82, 2.24) is 15.2 Å². The van der Waals surface area contributed by atoms with E-state index >= 15 is 0 Å². The summed E-state index contributed by atoms with van der Waals surface area (Å²) < 4.78 is 5.06. The number of hydrogen-bond acceptors (Lipinski definition) is 2. The number of para-hydroxylation sites is 1. The Morgan fingerprint density at radius 3 is 2.83 bits per heavy atom. The number of ether oxygens (including phenoxy) is 1. The number of carbonyl (C=O) groups excluding carboxylic acids is 1. The molecule has 2 aromatic rings. The number of fused-ring (bicyclic) bond motifs is 1. The number of piperidine rings is 1. The third kappa shape index (κ3) is 3.67. The zero-order valence-corrected chi connectivity index (χ0v) is 13.8. The van der Waals surface area contributed by atoms with E-state index in [2.05, 4.69) is 40.6 Å². The minimum atomic E-state index is 0.0182. The maximum atomic E-state index is 12.2. The summed E-state index contributed by atoms with van der Waals surface area (Å²) in [5.74, 6) is 0.503. The lowest BCUT2D eigenvalue weighted by Gasteiger charge is -2.32. The number of carbonyl (C=O) groups is 1. The Kier molecular flexibility index (Phi) is 4.86. The first kappa shape index (κ1) is 15.9. The van der Waals surface area contributed by atoms with E-state index in [1.54, 1.807) is 7.11 Å². The van der Waals surface area contributed by atoms with Gasteiger partial charge in [-0.25, -0.2) is 4.79 Å². The molecule has 5 nitrogen and oxygen atoms in total. The van der Waals surface area contributed by atoms with Crippen molar-refractivity contribution in [3.63, 3.8) is 0 Å². The molecular weight excluding hydrogens is 290 g/mol. The van der Waals surface area contributed by atoms with Gasteiger partial charge in [0.1, 0.15) is 0 Å². The molecule has 2 amide bonds. The van der Waals surface area contributed by atoms with Crippen molar-refractivity contribution in [1.29, 1.82) is 0 Å². The summed E-state index contributed by atoms with van der Waals surface area (Å²) in [6, 6.07) is 10.7. The molecule has 1 saturated heterocycles. The summed E-state index contributed by atoms with van der Waals surface area (Å²) in [4.78, 5) is 17.6. The number of benzene rings is 1. The summed E-state index contributed by atoms with van der Waals surface area (Å²) >= 11 is 0. The topological polar surface area (TPSA) is 57.4 Å². The number of nitrogens with zero attached hydrogens (tertiary/aromatic N) is 1. The standard InChI is InChI=1S/C18H25N3O2/c1-13(12-23-2)19-18(22)21-9-7-14(8-10-21)17-11-15-5-3-4-6-16(15)20-17/h3-6,11,13-14,20H,7-10,12H2,1-2H3,(H,19,22)/t13-/m0/s1. The second-order valence-corrected chi connectivity index (χ2v) is 6.38. The van der Waals surface area contributed by atoms with Crippen LogP contribution in [0.1, 0.15) is 31.4 Å². The Hall–Kier alpha value is -2.01. The smallest absolute Gasteiger partial charge is 0.317 e. The van der Waals surface area contributed by atoms with Crippen molar-refractivity contribution >= 4 is 16.9 Å². The highest BCUT2D eigenvalue weighted by Gasteiger charge is 2.25. The highest BCUT2D eigenvalue weighted by molar-refractivity contribution is 5.80. The van der Waals surface area contributed by atoms with E-state index in [4.69, 9.17) is 4.74 Å². The van der Waals surface area contributed by atoms with E-state index < -0.39 is 0 Å². The monoisotopic (exact) mass is 315 g/mol. The molecule has 124 valence electrons. The molecule has 0 radical (unpaired) electrons. The lowest BCUT2D eigenvalue weighted by molar-refractivity contribution is 0.152. The van der Waals surface area contributed by atoms with Crippen LogP contribution in [0.4, 0.5) is 4.79 Å². The molecule has 0 saturated carbocycles. The fraction of sp³-hybridized carbons (Fsp3) is 0.500. The van der Waals surface area contributed by atoms with E-state index in [9.17, 15) is 4.79 Å². The predicted octanol–water partition coefficient (Wildman–Crippen LogP) is 3.09. The number of methoxy groups -OCH3 is 1. The van der Waals surface area contributed by atoms with Crippen molar-refractivity contribution in [2.24, 2.45) is 0 Å². The van der Waals surface area contributed by atoms with Gasteiger partial charge in [-0.3, -0.25) is 0 Å². The highest BCUT2D eigenvalue weighted by atomic mass is 16.5. The van der Waals surface area contributed by atoms with Crippen LogP contribution in [-0.4, -0.2) is 48.8 Å². The molecule has 0 unspecified atom stereocenters. The molecule has 3 rings (SSSR count). The Balaban J connectivity index is 1.56. The first-order valence-corrected chi connectivity index (χ1v) is 8.29. The predicted molar refractivity (Wildman–Crippen MR) is 91.7 cm³/mol. The molecule has 1 atom stereocenters. The van der Waals surface area contributed by atoms with Crippen LogP contribution < -0.4 is 5.32 Å². The normalized spacial score (nSPS) is 17.4. The van der Waals surface area contributed by atoms with Crippen LogP contribution in [-0.2, 0) is 4.74 Å². The maximum Gasteiger partial charge on any atom is 0.317 e. The summed E-state index contributed by atoms with van der Waals surface area (Å²) in [5.41, 5.74) is 2.48. The van der Waals surface area contributed by atoms with E-state index in [1.807, 2.05) is 11.8 Å². The van der Waals surface area contributed by atoms with Gasteiger partial charge in [-0.2, -0.15) is 0 Å². The van der Waals surface area contributed by atoms with Crippen LogP contribution in [0.3, 0.4) is 0 Å². The number of H-pyrrole nitrogens is 1. The molecule has 1 aliphatic heterocycles. The molecule has 1 aromatic heterocycles. The first-order chi connectivity index (χ1) is 11.2.